The van der Waals surface area contributed by atoms with E-state index in [4.69, 9.17) is 18.0 Å². The maximum Gasteiger partial charge on any atom is 0.237 e. The molecular weight excluding hydrogens is 218 g/mol. The molecule has 0 atom stereocenters. The van der Waals surface area contributed by atoms with Crippen LogP contribution in [0.1, 0.15) is 6.42 Å². The van der Waals surface area contributed by atoms with E-state index in [0.717, 1.165) is 0 Å². The van der Waals surface area contributed by atoms with Gasteiger partial charge in [0.05, 0.1) is 13.0 Å². The van der Waals surface area contributed by atoms with Gasteiger partial charge in [0.2, 0.25) is 22.6 Å². The van der Waals surface area contributed by atoms with Crippen LogP contribution < -0.4 is 10.6 Å². The molecule has 1 aliphatic heterocycles. The number of nitrogens with zero attached hydrogens (tertiary/aromatic N) is 3. The number of aromatic nitrogens is 3. The number of rotatable bonds is 1. The van der Waals surface area contributed by atoms with Crippen molar-refractivity contribution in [3.63, 3.8) is 0 Å². The second-order valence-corrected chi connectivity index (χ2v) is 3.40. The van der Waals surface area contributed by atoms with Gasteiger partial charge in [-0.3, -0.25) is 19.5 Å². The van der Waals surface area contributed by atoms with Gasteiger partial charge in [-0.05, 0) is 12.2 Å². The van der Waals surface area contributed by atoms with Gasteiger partial charge in [0.1, 0.15) is 0 Å². The van der Waals surface area contributed by atoms with Crippen LogP contribution in [0.3, 0.4) is 0 Å². The molecule has 2 rings (SSSR count). The van der Waals surface area contributed by atoms with Gasteiger partial charge >= 0.3 is 0 Å². The summed E-state index contributed by atoms with van der Waals surface area (Å²) >= 11 is 4.75. The summed E-state index contributed by atoms with van der Waals surface area (Å²) in [5, 5.41) is 0. The molecule has 2 heterocycles. The van der Waals surface area contributed by atoms with E-state index in [0.29, 0.717) is 0 Å². The van der Waals surface area contributed by atoms with Crippen LogP contribution >= 0.6 is 12.2 Å². The van der Waals surface area contributed by atoms with Gasteiger partial charge in [-0.25, -0.2) is 0 Å². The van der Waals surface area contributed by atoms with Gasteiger partial charge in [0.15, 0.2) is 5.78 Å². The Hall–Kier alpha value is -1.83. The van der Waals surface area contributed by atoms with Crippen molar-refractivity contribution in [2.75, 3.05) is 17.2 Å². The molecule has 8 heteroatoms. The number of carbonyl (C=O) groups excluding carboxylic acids is 2. The first-order valence-electron chi connectivity index (χ1n) is 4.12. The Kier molecular flexibility index (Phi) is 2.19. The zero-order chi connectivity index (χ0) is 11.0. The van der Waals surface area contributed by atoms with Gasteiger partial charge in [-0.15, -0.1) is 0 Å². The molecule has 0 aromatic carbocycles. The maximum absolute atomic E-state index is 11.4. The molecule has 78 valence electrons. The lowest BCUT2D eigenvalue weighted by atomic mass is 10.3. The van der Waals surface area contributed by atoms with Crippen LogP contribution in [0.15, 0.2) is 0 Å². The zero-order valence-corrected chi connectivity index (χ0v) is 8.37. The summed E-state index contributed by atoms with van der Waals surface area (Å²) in [6, 6.07) is 0. The number of aromatic amines is 1. The normalized spacial score (nSPS) is 16.1. The monoisotopic (exact) mass is 225 g/mol. The molecule has 0 unspecified atom stereocenters. The van der Waals surface area contributed by atoms with Gasteiger partial charge < -0.3 is 5.73 Å². The topological polar surface area (TPSA) is 105 Å². The van der Waals surface area contributed by atoms with Crippen molar-refractivity contribution in [1.29, 1.82) is 0 Å². The number of nitrogen functional groups attached to an aromatic ring is 1. The molecule has 7 nitrogen and oxygen atoms in total. The lowest BCUT2D eigenvalue weighted by molar-refractivity contribution is -0.121. The minimum absolute atomic E-state index is 0.000556. The summed E-state index contributed by atoms with van der Waals surface area (Å²) in [7, 11) is 0. The summed E-state index contributed by atoms with van der Waals surface area (Å²) < 4.78 is 0.0356. The zero-order valence-electron chi connectivity index (χ0n) is 7.56. The molecule has 15 heavy (non-hydrogen) atoms. The van der Waals surface area contributed by atoms with E-state index in [1.165, 1.54) is 4.90 Å². The first-order valence-corrected chi connectivity index (χ1v) is 4.53. The number of hydrogen-bond acceptors (Lipinski definition) is 6. The van der Waals surface area contributed by atoms with Gasteiger partial charge in [0.25, 0.3) is 0 Å². The summed E-state index contributed by atoms with van der Waals surface area (Å²) in [6.45, 7) is 0.000556. The fraction of sp³-hybridized carbons (Fsp3) is 0.286. The summed E-state index contributed by atoms with van der Waals surface area (Å²) in [5.41, 5.74) is 5.41. The molecule has 1 amide bonds. The molecule has 1 fully saturated rings. The SMILES string of the molecule is Nc1nc(=S)nc(N2CC(=O)CC2=O)[nH]1. The van der Waals surface area contributed by atoms with E-state index in [1.807, 2.05) is 0 Å². The van der Waals surface area contributed by atoms with E-state index < -0.39 is 0 Å². The fourth-order valence-corrected chi connectivity index (χ4v) is 1.48. The van der Waals surface area contributed by atoms with Crippen molar-refractivity contribution in [1.82, 2.24) is 15.0 Å². The van der Waals surface area contributed by atoms with Crippen LogP contribution in [0, 0.1) is 4.77 Å². The number of nitrogens with two attached hydrogens (primary N) is 1. The molecule has 3 N–H and O–H groups in total. The molecule has 1 saturated heterocycles. The Morgan fingerprint density at radius 3 is 2.67 bits per heavy atom. The van der Waals surface area contributed by atoms with Crippen LogP contribution in [-0.2, 0) is 9.59 Å². The summed E-state index contributed by atoms with van der Waals surface area (Å²) in [6.07, 6.45) is -0.107. The second-order valence-electron chi connectivity index (χ2n) is 3.04. The van der Waals surface area contributed by atoms with E-state index >= 15 is 0 Å². The number of anilines is 2. The number of amides is 1. The summed E-state index contributed by atoms with van der Waals surface area (Å²) in [4.78, 5) is 33.6. The number of hydrogen-bond donors (Lipinski definition) is 2. The highest BCUT2D eigenvalue weighted by Gasteiger charge is 2.30. The third kappa shape index (κ3) is 1.84. The van der Waals surface area contributed by atoms with Crippen molar-refractivity contribution in [3.8, 4) is 0 Å². The number of Topliss-reactive ketones (excluding diaryl/α,β-unsaturated/α-hetero) is 1. The first kappa shape index (κ1) is 9.71. The Bertz CT molecular complexity index is 496. The van der Waals surface area contributed by atoms with Crippen LogP contribution in [0.4, 0.5) is 11.9 Å². The summed E-state index contributed by atoms with van der Waals surface area (Å²) in [5.74, 6) is -0.235. The van der Waals surface area contributed by atoms with E-state index in [9.17, 15) is 9.59 Å². The third-order valence-electron chi connectivity index (χ3n) is 1.90. The molecule has 0 bridgehead atoms. The Morgan fingerprint density at radius 2 is 2.13 bits per heavy atom. The van der Waals surface area contributed by atoms with Crippen molar-refractivity contribution in [3.05, 3.63) is 4.77 Å². The van der Waals surface area contributed by atoms with Crippen LogP contribution in [0.5, 0.6) is 0 Å². The van der Waals surface area contributed by atoms with E-state index in [1.54, 1.807) is 0 Å². The lowest BCUT2D eigenvalue weighted by Gasteiger charge is -2.12. The second kappa shape index (κ2) is 3.39. The molecule has 0 aliphatic carbocycles. The average molecular weight is 225 g/mol. The minimum atomic E-state index is -0.316. The quantitative estimate of drug-likeness (QED) is 0.489. The number of H-pyrrole nitrogens is 1. The Labute approximate surface area is 89.3 Å². The molecule has 0 saturated carbocycles. The van der Waals surface area contributed by atoms with E-state index in [-0.39, 0.29) is 41.3 Å². The molecule has 1 aromatic heterocycles. The van der Waals surface area contributed by atoms with Crippen molar-refractivity contribution in [2.45, 2.75) is 6.42 Å². The molecule has 0 radical (unpaired) electrons. The number of carbonyl (C=O) groups is 2. The van der Waals surface area contributed by atoms with Gasteiger partial charge in [-0.2, -0.15) is 9.97 Å². The van der Waals surface area contributed by atoms with E-state index in [2.05, 4.69) is 15.0 Å². The van der Waals surface area contributed by atoms with Gasteiger partial charge in [-0.1, -0.05) is 0 Å². The molecule has 1 aromatic rings. The number of ketones is 1. The van der Waals surface area contributed by atoms with Crippen LogP contribution in [0.25, 0.3) is 0 Å². The van der Waals surface area contributed by atoms with Crippen molar-refractivity contribution >= 4 is 35.8 Å². The lowest BCUT2D eigenvalue weighted by Crippen LogP contribution is -2.27. The first-order chi connectivity index (χ1) is 7.06. The maximum atomic E-state index is 11.4. The molecule has 1 aliphatic rings. The predicted molar refractivity (Wildman–Crippen MR) is 53.6 cm³/mol. The largest absolute Gasteiger partial charge is 0.369 e. The molecule has 0 spiro atoms. The standard InChI is InChI=1S/C7H7N5O2S/c8-5-9-6(11-7(15)10-5)12-2-3(13)1-4(12)14/h1-2H2,(H3,8,9,10,11,15). The van der Waals surface area contributed by atoms with Crippen molar-refractivity contribution in [2.24, 2.45) is 0 Å². The van der Waals surface area contributed by atoms with Crippen LogP contribution in [0.2, 0.25) is 0 Å². The minimum Gasteiger partial charge on any atom is -0.369 e. The smallest absolute Gasteiger partial charge is 0.237 e. The highest BCUT2D eigenvalue weighted by Crippen LogP contribution is 2.14. The predicted octanol–water partition coefficient (Wildman–Crippen LogP) is -0.578. The van der Waals surface area contributed by atoms with Crippen LogP contribution in [-0.4, -0.2) is 33.2 Å². The van der Waals surface area contributed by atoms with Gasteiger partial charge in [0, 0.05) is 0 Å². The van der Waals surface area contributed by atoms with Crippen molar-refractivity contribution < 1.29 is 9.59 Å². The Balaban J connectivity index is 2.41. The number of nitrogens with one attached hydrogen (secondary N) is 1. The highest BCUT2D eigenvalue weighted by molar-refractivity contribution is 7.71. The Morgan fingerprint density at radius 1 is 1.40 bits per heavy atom. The third-order valence-corrected chi connectivity index (χ3v) is 2.08. The molecular formula is C7H7N5O2S. The average Bonchev–Trinajstić information content (AvgIpc) is 2.43. The highest BCUT2D eigenvalue weighted by atomic mass is 32.1. The fourth-order valence-electron chi connectivity index (χ4n) is 1.29.